The van der Waals surface area contributed by atoms with E-state index in [1.165, 1.54) is 24.3 Å². The topological polar surface area (TPSA) is 62.8 Å². The number of nitrogens with zero attached hydrogens (tertiary/aromatic N) is 6. The van der Waals surface area contributed by atoms with Crippen molar-refractivity contribution in [2.45, 2.75) is 0 Å². The third kappa shape index (κ3) is 8.68. The molecule has 0 fully saturated rings. The fraction of sp³-hybridized carbons (Fsp3) is 0. The average Bonchev–Trinajstić information content (AvgIpc) is 3.46. The molecule has 6 nitrogen and oxygen atoms in total. The molecule has 0 spiro atoms. The molecule has 0 aliphatic carbocycles. The molecular weight excluding hydrogens is 977 g/mol. The van der Waals surface area contributed by atoms with Crippen molar-refractivity contribution in [3.8, 4) is 56.6 Å². The van der Waals surface area contributed by atoms with E-state index in [1.807, 2.05) is 133 Å². The monoisotopic (exact) mass is 1010 g/mol. The number of anilines is 6. The summed E-state index contributed by atoms with van der Waals surface area (Å²) in [4.78, 5) is 10.7. The molecule has 0 atom stereocenters. The number of benzene rings is 12. The zero-order valence-electron chi connectivity index (χ0n) is 41.0. The molecule has 0 heterocycles. The van der Waals surface area contributed by atoms with E-state index in [4.69, 9.17) is 13.1 Å². The second-order valence-corrected chi connectivity index (χ2v) is 18.7. The molecule has 10 heteroatoms. The summed E-state index contributed by atoms with van der Waals surface area (Å²) in [5, 5.41) is 24.0. The quantitative estimate of drug-likeness (QED) is 0.0778. The molecule has 12 aromatic carbocycles. The molecule has 0 aliphatic heterocycles. The Labute approximate surface area is 446 Å². The Balaban J connectivity index is 1.11. The van der Waals surface area contributed by atoms with Crippen LogP contribution >= 0.6 is 0 Å². The third-order valence-electron chi connectivity index (χ3n) is 14.1. The zero-order valence-corrected chi connectivity index (χ0v) is 41.0. The number of nitriles is 2. The minimum atomic E-state index is -0.809. The molecule has 0 radical (unpaired) electrons. The van der Waals surface area contributed by atoms with Crippen LogP contribution in [0.2, 0.25) is 0 Å². The van der Waals surface area contributed by atoms with Gasteiger partial charge in [0.1, 0.15) is 23.3 Å². The van der Waals surface area contributed by atoms with Gasteiger partial charge in [-0.05, 0) is 163 Å². The highest BCUT2D eigenvalue weighted by atomic mass is 19.1. The van der Waals surface area contributed by atoms with Crippen LogP contribution in [0.25, 0.3) is 86.5 Å². The van der Waals surface area contributed by atoms with Gasteiger partial charge in [0, 0.05) is 34.3 Å². The van der Waals surface area contributed by atoms with Gasteiger partial charge in [0.2, 0.25) is 0 Å². The summed E-state index contributed by atoms with van der Waals surface area (Å²) in [5.74, 6) is -3.12. The van der Waals surface area contributed by atoms with Crippen LogP contribution in [0.1, 0.15) is 11.1 Å². The van der Waals surface area contributed by atoms with Crippen LogP contribution in [0.4, 0.5) is 63.1 Å². The smallest absolute Gasteiger partial charge is 0.187 e. The standard InChI is InChI=1S/C68H36F4N6/c1-75-55-21-11-45(12-22-55)51-31-49(43-7-3-41(39-73)4-8-43)33-57(35-51)77(65-29-19-53(69)37-61(65)71)63-27-17-47-16-26-60-64(28-18-48-15-25-59(63)67(47)68(48)60)78(66-30-20-54(70)38-62(66)72)58-34-50(44-9-5-42(40-74)6-10-44)32-52(36-58)46-13-23-56(76-2)24-14-46/h3-38H. The molecule has 0 bridgehead atoms. The molecule has 0 aliphatic rings. The summed E-state index contributed by atoms with van der Waals surface area (Å²) >= 11 is 0. The van der Waals surface area contributed by atoms with Gasteiger partial charge in [-0.1, -0.05) is 109 Å². The van der Waals surface area contributed by atoms with Gasteiger partial charge in [-0.25, -0.2) is 27.3 Å². The molecule has 0 saturated heterocycles. The first-order chi connectivity index (χ1) is 38.1. The Kier molecular flexibility index (Phi) is 12.1. The van der Waals surface area contributed by atoms with Crippen LogP contribution < -0.4 is 9.80 Å². The van der Waals surface area contributed by atoms with Gasteiger partial charge in [0.25, 0.3) is 0 Å². The van der Waals surface area contributed by atoms with E-state index in [1.54, 1.807) is 58.3 Å². The van der Waals surface area contributed by atoms with Gasteiger partial charge in [0.05, 0.1) is 59.2 Å². The van der Waals surface area contributed by atoms with Crippen molar-refractivity contribution in [3.05, 3.63) is 276 Å². The summed E-state index contributed by atoms with van der Waals surface area (Å²) in [6.45, 7) is 15.1. The summed E-state index contributed by atoms with van der Waals surface area (Å²) in [6.07, 6.45) is 0. The molecule has 0 aromatic heterocycles. The number of hydrogen-bond donors (Lipinski definition) is 0. The SMILES string of the molecule is [C-]#[N+]c1ccc(-c2cc(-c3ccc(C#N)cc3)cc(N(c3ccc(F)cc3F)c3ccc4ccc5c(N(c6cc(-c7ccc(C#N)cc7)cc(-c7ccc([N+]#[C-])cc7)c6)c6ccc(F)cc6F)ccc6ccc3c4c65)c2)cc1. The van der Waals surface area contributed by atoms with Gasteiger partial charge in [-0.3, -0.25) is 0 Å². The van der Waals surface area contributed by atoms with E-state index in [9.17, 15) is 19.3 Å². The van der Waals surface area contributed by atoms with E-state index >= 15 is 8.78 Å². The molecule has 366 valence electrons. The van der Waals surface area contributed by atoms with Crippen molar-refractivity contribution >= 4 is 77.8 Å². The predicted molar refractivity (Wildman–Crippen MR) is 303 cm³/mol. The highest BCUT2D eigenvalue weighted by Gasteiger charge is 2.26. The third-order valence-corrected chi connectivity index (χ3v) is 14.1. The van der Waals surface area contributed by atoms with Crippen molar-refractivity contribution in [2.24, 2.45) is 0 Å². The maximum absolute atomic E-state index is 16.7. The molecule has 0 saturated carbocycles. The Morgan fingerprint density at radius 3 is 0.974 bits per heavy atom. The second kappa shape index (κ2) is 19.7. The van der Waals surface area contributed by atoms with Crippen LogP contribution in [0.15, 0.2) is 218 Å². The molecular formula is C68H36F4N6. The first kappa shape index (κ1) is 47.9. The van der Waals surface area contributed by atoms with Crippen molar-refractivity contribution in [3.63, 3.8) is 0 Å². The van der Waals surface area contributed by atoms with Gasteiger partial charge in [-0.15, -0.1) is 0 Å². The van der Waals surface area contributed by atoms with Crippen molar-refractivity contribution in [2.75, 3.05) is 9.80 Å². The van der Waals surface area contributed by atoms with E-state index in [2.05, 4.69) is 21.8 Å². The first-order valence-corrected chi connectivity index (χ1v) is 24.6. The van der Waals surface area contributed by atoms with Gasteiger partial charge < -0.3 is 9.80 Å². The van der Waals surface area contributed by atoms with E-state index in [0.717, 1.165) is 78.2 Å². The first-order valence-electron chi connectivity index (χ1n) is 24.6. The van der Waals surface area contributed by atoms with Gasteiger partial charge >= 0.3 is 0 Å². The van der Waals surface area contributed by atoms with Crippen LogP contribution in [0, 0.1) is 59.1 Å². The predicted octanol–water partition coefficient (Wildman–Crippen LogP) is 19.6. The Morgan fingerprint density at radius 2 is 0.654 bits per heavy atom. The molecule has 12 rings (SSSR count). The second-order valence-electron chi connectivity index (χ2n) is 18.7. The Bertz CT molecular complexity index is 4080. The average molecular weight is 1010 g/mol. The summed E-state index contributed by atoms with van der Waals surface area (Å²) in [7, 11) is 0. The van der Waals surface area contributed by atoms with Crippen LogP contribution in [0.5, 0.6) is 0 Å². The lowest BCUT2D eigenvalue weighted by molar-refractivity contribution is 0.583. The van der Waals surface area contributed by atoms with Crippen LogP contribution in [-0.2, 0) is 0 Å². The van der Waals surface area contributed by atoms with Crippen molar-refractivity contribution in [1.82, 2.24) is 0 Å². The largest absolute Gasteiger partial charge is 0.307 e. The van der Waals surface area contributed by atoms with Crippen molar-refractivity contribution < 1.29 is 17.6 Å². The van der Waals surface area contributed by atoms with E-state index in [0.29, 0.717) is 56.0 Å². The molecule has 78 heavy (non-hydrogen) atoms. The lowest BCUT2D eigenvalue weighted by Gasteiger charge is -2.30. The molecule has 0 amide bonds. The Morgan fingerprint density at radius 1 is 0.333 bits per heavy atom. The fourth-order valence-corrected chi connectivity index (χ4v) is 10.4. The summed E-state index contributed by atoms with van der Waals surface area (Å²) < 4.78 is 63.3. The lowest BCUT2D eigenvalue weighted by atomic mass is 9.91. The number of halogens is 4. The van der Waals surface area contributed by atoms with E-state index < -0.39 is 23.3 Å². The van der Waals surface area contributed by atoms with Gasteiger partial charge in [-0.2, -0.15) is 10.5 Å². The highest BCUT2D eigenvalue weighted by Crippen LogP contribution is 2.50. The maximum Gasteiger partial charge on any atom is 0.187 e. The summed E-state index contributed by atoms with van der Waals surface area (Å²) in [6, 6.07) is 67.3. The van der Waals surface area contributed by atoms with Crippen LogP contribution in [0.3, 0.4) is 0 Å². The fourth-order valence-electron chi connectivity index (χ4n) is 10.4. The van der Waals surface area contributed by atoms with Crippen molar-refractivity contribution in [1.29, 1.82) is 10.5 Å². The molecule has 0 unspecified atom stereocenters. The highest BCUT2D eigenvalue weighted by molar-refractivity contribution is 6.28. The van der Waals surface area contributed by atoms with Crippen LogP contribution in [-0.4, -0.2) is 0 Å². The Hall–Kier alpha value is -11.0. The maximum atomic E-state index is 16.7. The zero-order chi connectivity index (χ0) is 53.6. The van der Waals surface area contributed by atoms with Gasteiger partial charge in [0.15, 0.2) is 11.4 Å². The van der Waals surface area contributed by atoms with E-state index in [-0.39, 0.29) is 11.4 Å². The number of hydrogen-bond acceptors (Lipinski definition) is 4. The lowest BCUT2D eigenvalue weighted by Crippen LogP contribution is -2.14. The molecule has 12 aromatic rings. The summed E-state index contributed by atoms with van der Waals surface area (Å²) in [5.41, 5.74) is 10.3. The molecule has 0 N–H and O–H groups in total. The minimum absolute atomic E-state index is 0.0676. The number of rotatable bonds is 10. The minimum Gasteiger partial charge on any atom is -0.307 e. The normalized spacial score (nSPS) is 11.0.